The first-order valence-electron chi connectivity index (χ1n) is 4.94. The molecule has 0 saturated heterocycles. The number of carboxylic acid groups (broad SMARTS) is 1. The van der Waals surface area contributed by atoms with E-state index in [1.807, 2.05) is 0 Å². The zero-order chi connectivity index (χ0) is 13.8. The van der Waals surface area contributed by atoms with Crippen molar-refractivity contribution in [1.82, 2.24) is 9.59 Å². The Hall–Kier alpha value is -2.00. The highest BCUT2D eigenvalue weighted by molar-refractivity contribution is 9.10. The Morgan fingerprint density at radius 2 is 2.11 bits per heavy atom. The maximum absolute atomic E-state index is 11.6. The largest absolute Gasteiger partial charge is 0.478 e. The number of hydrogen-bond acceptors (Lipinski definition) is 5. The quantitative estimate of drug-likeness (QED) is 0.795. The molecule has 3 N–H and O–H groups in total. The molecule has 0 bridgehead atoms. The fourth-order valence-electron chi connectivity index (χ4n) is 1.26. The van der Waals surface area contributed by atoms with Gasteiger partial charge in [0.1, 0.15) is 5.00 Å². The monoisotopic (exact) mass is 342 g/mol. The molecule has 9 heteroatoms. The molecule has 0 aliphatic rings. The standard InChI is InChI=1S/C10H7BrN4O3S/c11-7-2-1-5(3-6(7)9(16)17)13-10(18)14-8-4-12-15-19-8/h1-4H,(H,16,17)(H2,13,14,18). The normalized spacial score (nSPS) is 9.95. The van der Waals surface area contributed by atoms with Crippen LogP contribution < -0.4 is 10.6 Å². The minimum atomic E-state index is -1.08. The smallest absolute Gasteiger partial charge is 0.336 e. The van der Waals surface area contributed by atoms with Crippen LogP contribution in [0.1, 0.15) is 10.4 Å². The fraction of sp³-hybridized carbons (Fsp3) is 0. The Morgan fingerprint density at radius 3 is 2.74 bits per heavy atom. The number of carboxylic acids is 1. The van der Waals surface area contributed by atoms with Crippen LogP contribution in [-0.4, -0.2) is 26.7 Å². The molecule has 19 heavy (non-hydrogen) atoms. The maximum Gasteiger partial charge on any atom is 0.336 e. The predicted molar refractivity (Wildman–Crippen MR) is 73.7 cm³/mol. The van der Waals surface area contributed by atoms with Crippen molar-refractivity contribution >= 4 is 50.2 Å². The number of aromatic carboxylic acids is 1. The van der Waals surface area contributed by atoms with Crippen LogP contribution in [0, 0.1) is 0 Å². The Kier molecular flexibility index (Phi) is 4.07. The molecule has 0 aliphatic heterocycles. The highest BCUT2D eigenvalue weighted by Crippen LogP contribution is 2.21. The minimum absolute atomic E-state index is 0.0669. The molecular formula is C10H7BrN4O3S. The molecule has 2 rings (SSSR count). The van der Waals surface area contributed by atoms with Gasteiger partial charge in [-0.25, -0.2) is 9.59 Å². The molecule has 1 aromatic heterocycles. The van der Waals surface area contributed by atoms with Crippen molar-refractivity contribution in [3.05, 3.63) is 34.4 Å². The molecule has 2 amide bonds. The summed E-state index contributed by atoms with van der Waals surface area (Å²) in [4.78, 5) is 22.6. The minimum Gasteiger partial charge on any atom is -0.478 e. The van der Waals surface area contributed by atoms with Gasteiger partial charge in [-0.2, -0.15) is 0 Å². The highest BCUT2D eigenvalue weighted by atomic mass is 79.9. The average Bonchev–Trinajstić information content (AvgIpc) is 2.84. The molecule has 1 aromatic carbocycles. The van der Waals surface area contributed by atoms with Crippen LogP contribution in [0.25, 0.3) is 0 Å². The molecular weight excluding hydrogens is 336 g/mol. The Labute approximate surface area is 119 Å². The molecule has 0 saturated carbocycles. The summed E-state index contributed by atoms with van der Waals surface area (Å²) >= 11 is 4.16. The van der Waals surface area contributed by atoms with Gasteiger partial charge >= 0.3 is 12.0 Å². The van der Waals surface area contributed by atoms with Crippen molar-refractivity contribution in [2.75, 3.05) is 10.6 Å². The molecule has 0 atom stereocenters. The van der Waals surface area contributed by atoms with Gasteiger partial charge in [0.05, 0.1) is 11.8 Å². The number of urea groups is 1. The summed E-state index contributed by atoms with van der Waals surface area (Å²) in [5.74, 6) is -1.08. The molecule has 2 aromatic rings. The van der Waals surface area contributed by atoms with Crippen LogP contribution in [0.4, 0.5) is 15.5 Å². The lowest BCUT2D eigenvalue weighted by molar-refractivity contribution is 0.0696. The topological polar surface area (TPSA) is 104 Å². The van der Waals surface area contributed by atoms with Crippen molar-refractivity contribution in [3.63, 3.8) is 0 Å². The summed E-state index contributed by atoms with van der Waals surface area (Å²) in [5, 5.41) is 18.1. The number of rotatable bonds is 3. The van der Waals surface area contributed by atoms with E-state index in [2.05, 4.69) is 36.2 Å². The third-order valence-electron chi connectivity index (χ3n) is 2.05. The Balaban J connectivity index is 2.09. The summed E-state index contributed by atoms with van der Waals surface area (Å²) in [6, 6.07) is 4.00. The van der Waals surface area contributed by atoms with Gasteiger partial charge < -0.3 is 10.4 Å². The zero-order valence-corrected chi connectivity index (χ0v) is 11.7. The summed E-state index contributed by atoms with van der Waals surface area (Å²) < 4.78 is 4.04. The lowest BCUT2D eigenvalue weighted by Crippen LogP contribution is -2.19. The van der Waals surface area contributed by atoms with E-state index in [1.165, 1.54) is 12.3 Å². The molecule has 0 spiro atoms. The first-order valence-corrected chi connectivity index (χ1v) is 6.51. The lowest BCUT2D eigenvalue weighted by Gasteiger charge is -2.07. The van der Waals surface area contributed by atoms with Crippen LogP contribution in [0.2, 0.25) is 0 Å². The molecule has 7 nitrogen and oxygen atoms in total. The number of amides is 2. The third-order valence-corrected chi connectivity index (χ3v) is 3.32. The maximum atomic E-state index is 11.6. The Bertz CT molecular complexity index is 617. The van der Waals surface area contributed by atoms with E-state index >= 15 is 0 Å². The van der Waals surface area contributed by atoms with Crippen LogP contribution in [-0.2, 0) is 0 Å². The molecule has 0 fully saturated rings. The summed E-state index contributed by atoms with van der Waals surface area (Å²) in [7, 11) is 0. The van der Waals surface area contributed by atoms with Gasteiger partial charge in [-0.15, -0.1) is 5.10 Å². The van der Waals surface area contributed by atoms with E-state index in [4.69, 9.17) is 5.11 Å². The van der Waals surface area contributed by atoms with Crippen molar-refractivity contribution in [1.29, 1.82) is 0 Å². The Morgan fingerprint density at radius 1 is 1.32 bits per heavy atom. The van der Waals surface area contributed by atoms with Gasteiger partial charge in [0.15, 0.2) is 0 Å². The van der Waals surface area contributed by atoms with Gasteiger partial charge in [-0.3, -0.25) is 5.32 Å². The molecule has 0 aliphatic carbocycles. The van der Waals surface area contributed by atoms with E-state index in [1.54, 1.807) is 12.1 Å². The van der Waals surface area contributed by atoms with Crippen LogP contribution >= 0.6 is 27.5 Å². The van der Waals surface area contributed by atoms with Crippen molar-refractivity contribution in [2.45, 2.75) is 0 Å². The van der Waals surface area contributed by atoms with E-state index in [-0.39, 0.29) is 5.56 Å². The average molecular weight is 343 g/mol. The summed E-state index contributed by atoms with van der Waals surface area (Å²) in [6.07, 6.45) is 1.41. The van der Waals surface area contributed by atoms with E-state index in [0.717, 1.165) is 11.5 Å². The van der Waals surface area contributed by atoms with Gasteiger partial charge in [0.2, 0.25) is 0 Å². The van der Waals surface area contributed by atoms with Crippen molar-refractivity contribution < 1.29 is 14.7 Å². The van der Waals surface area contributed by atoms with Crippen LogP contribution in [0.3, 0.4) is 0 Å². The SMILES string of the molecule is O=C(Nc1ccc(Br)c(C(=O)O)c1)Nc1cnns1. The van der Waals surface area contributed by atoms with Gasteiger partial charge in [-0.05, 0) is 34.1 Å². The van der Waals surface area contributed by atoms with E-state index in [0.29, 0.717) is 15.2 Å². The number of halogens is 1. The zero-order valence-electron chi connectivity index (χ0n) is 9.25. The molecule has 1 heterocycles. The number of aromatic nitrogens is 2. The first kappa shape index (κ1) is 13.4. The van der Waals surface area contributed by atoms with Gasteiger partial charge in [-0.1, -0.05) is 4.49 Å². The summed E-state index contributed by atoms with van der Waals surface area (Å²) in [5.41, 5.74) is 0.438. The molecule has 0 unspecified atom stereocenters. The second kappa shape index (κ2) is 5.76. The lowest BCUT2D eigenvalue weighted by atomic mass is 10.2. The first-order chi connectivity index (χ1) is 9.06. The van der Waals surface area contributed by atoms with Crippen LogP contribution in [0.15, 0.2) is 28.9 Å². The third kappa shape index (κ3) is 3.48. The van der Waals surface area contributed by atoms with Gasteiger partial charge in [0, 0.05) is 21.7 Å². The van der Waals surface area contributed by atoms with Crippen molar-refractivity contribution in [2.24, 2.45) is 0 Å². The molecule has 0 radical (unpaired) electrons. The number of anilines is 2. The number of nitrogens with zero attached hydrogens (tertiary/aromatic N) is 2. The summed E-state index contributed by atoms with van der Waals surface area (Å²) in [6.45, 7) is 0. The van der Waals surface area contributed by atoms with Crippen LogP contribution in [0.5, 0.6) is 0 Å². The second-order valence-electron chi connectivity index (χ2n) is 3.36. The number of carbonyl (C=O) groups excluding carboxylic acids is 1. The fourth-order valence-corrected chi connectivity index (χ4v) is 2.09. The number of hydrogen-bond donors (Lipinski definition) is 3. The van der Waals surface area contributed by atoms with Gasteiger partial charge in [0.25, 0.3) is 0 Å². The number of carbonyl (C=O) groups is 2. The highest BCUT2D eigenvalue weighted by Gasteiger charge is 2.11. The number of nitrogens with one attached hydrogen (secondary N) is 2. The number of benzene rings is 1. The van der Waals surface area contributed by atoms with Crippen molar-refractivity contribution in [3.8, 4) is 0 Å². The molecule has 98 valence electrons. The van der Waals surface area contributed by atoms with E-state index in [9.17, 15) is 9.59 Å². The van der Waals surface area contributed by atoms with E-state index < -0.39 is 12.0 Å². The second-order valence-corrected chi connectivity index (χ2v) is 5.00. The predicted octanol–water partition coefficient (Wildman–Crippen LogP) is 2.64.